The summed E-state index contributed by atoms with van der Waals surface area (Å²) in [6.45, 7) is 4.68. The summed E-state index contributed by atoms with van der Waals surface area (Å²) in [6.07, 6.45) is 56.5. The average molecular weight is 918 g/mol. The number of carboxylic acid groups (broad SMARTS) is 1. The van der Waals surface area contributed by atoms with Crippen LogP contribution >= 0.6 is 0 Å². The van der Waals surface area contributed by atoms with Gasteiger partial charge in [0.2, 0.25) is 0 Å². The monoisotopic (exact) mass is 918 g/mol. The molecule has 0 aliphatic heterocycles. The van der Waals surface area contributed by atoms with E-state index < -0.39 is 18.1 Å². The molecule has 0 saturated carbocycles. The number of unbranched alkanes of at least 4 members (excludes halogenated alkanes) is 33. The van der Waals surface area contributed by atoms with Crippen molar-refractivity contribution in [2.24, 2.45) is 0 Å². The van der Waals surface area contributed by atoms with Crippen LogP contribution in [0.4, 0.5) is 0 Å². The molecule has 0 aliphatic carbocycles. The van der Waals surface area contributed by atoms with E-state index in [0.29, 0.717) is 12.8 Å². The highest BCUT2D eigenvalue weighted by Crippen LogP contribution is 2.17. The number of rotatable bonds is 51. The van der Waals surface area contributed by atoms with Crippen LogP contribution in [-0.4, -0.2) is 75.5 Å². The SMILES string of the molecule is CCCCC/C=C\C/C=C\CCCCCCCCCC(=O)OC(COCCC(C(=O)[O-])[N+](C)(C)C)COC(=O)CCCCCCCCCCCCCCCCCCCCCCCCCC. The molecule has 2 unspecified atom stereocenters. The lowest BCUT2D eigenvalue weighted by Crippen LogP contribution is -2.55. The predicted molar refractivity (Wildman–Crippen MR) is 273 cm³/mol. The molecule has 0 spiro atoms. The van der Waals surface area contributed by atoms with Crippen LogP contribution < -0.4 is 5.11 Å². The highest BCUT2D eigenvalue weighted by atomic mass is 16.6. The zero-order chi connectivity index (χ0) is 47.7. The Bertz CT molecular complexity index is 1120. The topological polar surface area (TPSA) is 102 Å². The summed E-state index contributed by atoms with van der Waals surface area (Å²) < 4.78 is 17.3. The van der Waals surface area contributed by atoms with E-state index in [4.69, 9.17) is 14.2 Å². The lowest BCUT2D eigenvalue weighted by Gasteiger charge is -2.34. The number of carbonyl (C=O) groups excluding carboxylic acids is 3. The number of likely N-dealkylation sites (N-methyl/N-ethyl adjacent to an activating group) is 1. The van der Waals surface area contributed by atoms with Gasteiger partial charge in [-0.15, -0.1) is 0 Å². The van der Waals surface area contributed by atoms with E-state index in [1.807, 2.05) is 21.1 Å². The number of allylic oxidation sites excluding steroid dienone is 4. The largest absolute Gasteiger partial charge is 0.544 e. The van der Waals surface area contributed by atoms with Gasteiger partial charge in [0, 0.05) is 19.3 Å². The van der Waals surface area contributed by atoms with Crippen molar-refractivity contribution in [1.29, 1.82) is 0 Å². The Kier molecular flexibility index (Phi) is 46.6. The zero-order valence-corrected chi connectivity index (χ0v) is 43.7. The Morgan fingerprint density at radius 3 is 1.22 bits per heavy atom. The van der Waals surface area contributed by atoms with Crippen LogP contribution in [0.3, 0.4) is 0 Å². The maximum absolute atomic E-state index is 12.8. The Morgan fingerprint density at radius 2 is 0.815 bits per heavy atom. The molecule has 8 heteroatoms. The fourth-order valence-corrected chi connectivity index (χ4v) is 8.52. The first-order valence-electron chi connectivity index (χ1n) is 27.9. The van der Waals surface area contributed by atoms with Crippen molar-refractivity contribution >= 4 is 17.9 Å². The summed E-state index contributed by atoms with van der Waals surface area (Å²) in [4.78, 5) is 37.1. The fraction of sp³-hybridized carbons (Fsp3) is 0.877. The van der Waals surface area contributed by atoms with Gasteiger partial charge in [0.15, 0.2) is 6.10 Å². The number of esters is 2. The lowest BCUT2D eigenvalue weighted by molar-refractivity contribution is -0.889. The molecule has 8 nitrogen and oxygen atoms in total. The summed E-state index contributed by atoms with van der Waals surface area (Å²) in [5, 5.41) is 11.7. The second-order valence-electron chi connectivity index (χ2n) is 20.2. The first-order chi connectivity index (χ1) is 31.6. The van der Waals surface area contributed by atoms with Gasteiger partial charge in [0.25, 0.3) is 0 Å². The number of hydrogen-bond donors (Lipinski definition) is 0. The van der Waals surface area contributed by atoms with Crippen molar-refractivity contribution in [2.75, 3.05) is 41.0 Å². The summed E-state index contributed by atoms with van der Waals surface area (Å²) >= 11 is 0. The summed E-state index contributed by atoms with van der Waals surface area (Å²) in [5.74, 6) is -1.72. The summed E-state index contributed by atoms with van der Waals surface area (Å²) in [7, 11) is 5.43. The summed E-state index contributed by atoms with van der Waals surface area (Å²) in [6, 6.07) is -0.725. The van der Waals surface area contributed by atoms with Crippen LogP contribution in [0.15, 0.2) is 24.3 Å². The van der Waals surface area contributed by atoms with Gasteiger partial charge in [0.05, 0.1) is 40.3 Å². The summed E-state index contributed by atoms with van der Waals surface area (Å²) in [5.41, 5.74) is 0. The van der Waals surface area contributed by atoms with Crippen LogP contribution in [0.1, 0.15) is 271 Å². The first kappa shape index (κ1) is 62.8. The third-order valence-corrected chi connectivity index (χ3v) is 12.8. The molecule has 0 heterocycles. The molecule has 0 aromatic heterocycles. The van der Waals surface area contributed by atoms with Crippen molar-refractivity contribution in [3.05, 3.63) is 24.3 Å². The Balaban J connectivity index is 4.13. The minimum atomic E-state index is -1.12. The quantitative estimate of drug-likeness (QED) is 0.0259. The van der Waals surface area contributed by atoms with E-state index in [-0.39, 0.29) is 42.7 Å². The molecule has 2 atom stereocenters. The first-order valence-corrected chi connectivity index (χ1v) is 27.9. The van der Waals surface area contributed by atoms with Gasteiger partial charge in [-0.05, 0) is 44.9 Å². The molecule has 0 N–H and O–H groups in total. The van der Waals surface area contributed by atoms with Crippen molar-refractivity contribution in [3.8, 4) is 0 Å². The minimum absolute atomic E-state index is 0.0420. The molecule has 0 fully saturated rings. The normalized spacial score (nSPS) is 12.9. The maximum Gasteiger partial charge on any atom is 0.306 e. The van der Waals surface area contributed by atoms with Gasteiger partial charge in [-0.25, -0.2) is 0 Å². The van der Waals surface area contributed by atoms with E-state index in [1.165, 1.54) is 186 Å². The Morgan fingerprint density at radius 1 is 0.462 bits per heavy atom. The molecule has 0 radical (unpaired) electrons. The number of nitrogens with zero attached hydrogens (tertiary/aromatic N) is 1. The van der Waals surface area contributed by atoms with E-state index >= 15 is 0 Å². The van der Waals surface area contributed by atoms with Crippen molar-refractivity contribution < 1.29 is 38.2 Å². The van der Waals surface area contributed by atoms with E-state index in [2.05, 4.69) is 38.2 Å². The van der Waals surface area contributed by atoms with Gasteiger partial charge >= 0.3 is 11.9 Å². The molecule has 0 aromatic carbocycles. The number of carboxylic acids is 1. The van der Waals surface area contributed by atoms with E-state index in [9.17, 15) is 19.5 Å². The highest BCUT2D eigenvalue weighted by Gasteiger charge is 2.25. The van der Waals surface area contributed by atoms with Gasteiger partial charge in [-0.3, -0.25) is 9.59 Å². The number of ether oxygens (including phenoxy) is 3. The second kappa shape index (κ2) is 48.3. The molecule has 382 valence electrons. The standard InChI is InChI=1S/C57H107NO7/c1-6-8-10-12-14-16-18-20-22-24-25-26-27-28-29-30-32-33-35-37-39-41-43-45-47-55(59)64-52-53(51-63-50-49-54(57(61)62)58(3,4)5)65-56(60)48-46-44-42-40-38-36-34-31-23-21-19-17-15-13-11-9-7-2/h15,17,21,23,53-54H,6-14,16,18-20,22,24-52H2,1-5H3/b17-15-,23-21-. The minimum Gasteiger partial charge on any atom is -0.544 e. The third kappa shape index (κ3) is 46.7. The number of hydrogen-bond acceptors (Lipinski definition) is 7. The van der Waals surface area contributed by atoms with Crippen LogP contribution in [0.5, 0.6) is 0 Å². The van der Waals surface area contributed by atoms with Crippen LogP contribution in [0.25, 0.3) is 0 Å². The van der Waals surface area contributed by atoms with Gasteiger partial charge < -0.3 is 28.6 Å². The number of quaternary nitrogens is 1. The van der Waals surface area contributed by atoms with Crippen molar-refractivity contribution in [2.45, 2.75) is 283 Å². The van der Waals surface area contributed by atoms with Gasteiger partial charge in [-0.1, -0.05) is 231 Å². The van der Waals surface area contributed by atoms with E-state index in [0.717, 1.165) is 51.4 Å². The molecule has 0 aromatic rings. The zero-order valence-electron chi connectivity index (χ0n) is 43.7. The predicted octanol–water partition coefficient (Wildman–Crippen LogP) is 15.0. The van der Waals surface area contributed by atoms with Crippen molar-refractivity contribution in [3.63, 3.8) is 0 Å². The van der Waals surface area contributed by atoms with Crippen molar-refractivity contribution in [1.82, 2.24) is 0 Å². The molecular weight excluding hydrogens is 811 g/mol. The third-order valence-electron chi connectivity index (χ3n) is 12.8. The molecular formula is C57H107NO7. The van der Waals surface area contributed by atoms with E-state index in [1.54, 1.807) is 0 Å². The van der Waals surface area contributed by atoms with Gasteiger partial charge in [0.1, 0.15) is 12.6 Å². The highest BCUT2D eigenvalue weighted by molar-refractivity contribution is 5.70. The molecule has 0 aliphatic rings. The number of aliphatic carboxylic acids is 1. The molecule has 0 amide bonds. The molecule has 65 heavy (non-hydrogen) atoms. The van der Waals surface area contributed by atoms with Gasteiger partial charge in [-0.2, -0.15) is 0 Å². The lowest BCUT2D eigenvalue weighted by atomic mass is 10.0. The maximum atomic E-state index is 12.8. The Hall–Kier alpha value is -2.19. The molecule has 0 bridgehead atoms. The molecule has 0 rings (SSSR count). The molecule has 0 saturated heterocycles. The fourth-order valence-electron chi connectivity index (χ4n) is 8.52. The van der Waals surface area contributed by atoms with Crippen LogP contribution in [0.2, 0.25) is 0 Å². The Labute approximate surface area is 402 Å². The van der Waals surface area contributed by atoms with Crippen LogP contribution in [0, 0.1) is 0 Å². The van der Waals surface area contributed by atoms with Crippen LogP contribution in [-0.2, 0) is 28.6 Å². The smallest absolute Gasteiger partial charge is 0.306 e. The number of carbonyl (C=O) groups is 3. The second-order valence-corrected chi connectivity index (χ2v) is 20.2. The average Bonchev–Trinajstić information content (AvgIpc) is 3.27.